The molecule has 1 aromatic heterocycles. The van der Waals surface area contributed by atoms with Crippen LogP contribution in [0, 0.1) is 6.92 Å². The largest absolute Gasteiger partial charge is 0.343 e. The first-order chi connectivity index (χ1) is 12.1. The van der Waals surface area contributed by atoms with Crippen LogP contribution in [0.1, 0.15) is 29.3 Å². The van der Waals surface area contributed by atoms with Crippen molar-refractivity contribution in [2.45, 2.75) is 45.8 Å². The van der Waals surface area contributed by atoms with E-state index in [1.165, 1.54) is 33.3 Å². The Balaban J connectivity index is 1.80. The van der Waals surface area contributed by atoms with Gasteiger partial charge in [0.1, 0.15) is 0 Å². The normalized spacial score (nSPS) is 17.8. The number of hydrogen-bond acceptors (Lipinski definition) is 1. The van der Waals surface area contributed by atoms with E-state index in [2.05, 4.69) is 66.8 Å². The standard InChI is InChI=1S/C22H25ClN2/c1-15-7-4-5-8-17(15)11-12-25-21-13-16(2)24(3)14-19(21)18-9-6-10-20(23)22(18)25/h4-10,16H,11-14H2,1-3H3. The number of aryl methyl sites for hydroxylation is 3. The van der Waals surface area contributed by atoms with E-state index >= 15 is 0 Å². The predicted octanol–water partition coefficient (Wildman–Crippen LogP) is 5.22. The van der Waals surface area contributed by atoms with Gasteiger partial charge in [0, 0.05) is 36.6 Å². The van der Waals surface area contributed by atoms with Crippen molar-refractivity contribution in [2.24, 2.45) is 0 Å². The number of hydrogen-bond donors (Lipinski definition) is 0. The van der Waals surface area contributed by atoms with Gasteiger partial charge in [-0.05, 0) is 50.1 Å². The van der Waals surface area contributed by atoms with E-state index in [9.17, 15) is 0 Å². The third-order valence-corrected chi connectivity index (χ3v) is 6.08. The fourth-order valence-electron chi connectivity index (χ4n) is 4.11. The van der Waals surface area contributed by atoms with Gasteiger partial charge in [0.15, 0.2) is 0 Å². The van der Waals surface area contributed by atoms with E-state index in [0.717, 1.165) is 31.0 Å². The summed E-state index contributed by atoms with van der Waals surface area (Å²) in [4.78, 5) is 2.44. The maximum atomic E-state index is 6.63. The fraction of sp³-hybridized carbons (Fsp3) is 0.364. The van der Waals surface area contributed by atoms with Crippen LogP contribution in [0.3, 0.4) is 0 Å². The van der Waals surface area contributed by atoms with E-state index in [1.54, 1.807) is 0 Å². The number of nitrogens with zero attached hydrogens (tertiary/aromatic N) is 2. The van der Waals surface area contributed by atoms with Crippen LogP contribution in [0.2, 0.25) is 5.02 Å². The molecule has 2 aromatic carbocycles. The van der Waals surface area contributed by atoms with Crippen LogP contribution in [0.25, 0.3) is 10.9 Å². The van der Waals surface area contributed by atoms with Gasteiger partial charge < -0.3 is 4.57 Å². The summed E-state index contributed by atoms with van der Waals surface area (Å²) in [6, 6.07) is 15.6. The Kier molecular flexibility index (Phi) is 4.35. The summed E-state index contributed by atoms with van der Waals surface area (Å²) < 4.78 is 2.49. The maximum Gasteiger partial charge on any atom is 0.0675 e. The molecule has 4 rings (SSSR count). The van der Waals surface area contributed by atoms with E-state index < -0.39 is 0 Å². The molecule has 1 atom stereocenters. The molecule has 3 aromatic rings. The van der Waals surface area contributed by atoms with Crippen molar-refractivity contribution >= 4 is 22.5 Å². The zero-order chi connectivity index (χ0) is 17.6. The third kappa shape index (κ3) is 2.88. The van der Waals surface area contributed by atoms with Gasteiger partial charge in [0.25, 0.3) is 0 Å². The zero-order valence-corrected chi connectivity index (χ0v) is 16.0. The molecule has 0 amide bonds. The second-order valence-corrected chi connectivity index (χ2v) is 7.76. The van der Waals surface area contributed by atoms with Crippen molar-refractivity contribution in [2.75, 3.05) is 7.05 Å². The van der Waals surface area contributed by atoms with Gasteiger partial charge in [0.2, 0.25) is 0 Å². The van der Waals surface area contributed by atoms with Crippen LogP contribution in [0.5, 0.6) is 0 Å². The molecule has 2 heterocycles. The minimum absolute atomic E-state index is 0.563. The van der Waals surface area contributed by atoms with Gasteiger partial charge >= 0.3 is 0 Å². The van der Waals surface area contributed by atoms with Crippen molar-refractivity contribution in [1.82, 2.24) is 9.47 Å². The molecule has 0 aliphatic carbocycles. The Morgan fingerprint density at radius 3 is 2.72 bits per heavy atom. The molecule has 25 heavy (non-hydrogen) atoms. The molecule has 0 saturated heterocycles. The smallest absolute Gasteiger partial charge is 0.0675 e. The molecule has 0 fully saturated rings. The molecular formula is C22H25ClN2. The van der Waals surface area contributed by atoms with Crippen molar-refractivity contribution in [3.8, 4) is 0 Å². The Morgan fingerprint density at radius 2 is 1.92 bits per heavy atom. The summed E-state index contributed by atoms with van der Waals surface area (Å²) in [6.45, 7) is 6.50. The Hall–Kier alpha value is -1.77. The Bertz CT molecular complexity index is 925. The highest BCUT2D eigenvalue weighted by Crippen LogP contribution is 2.36. The maximum absolute atomic E-state index is 6.63. The number of likely N-dealkylation sites (N-methyl/N-ethyl adjacent to an activating group) is 1. The molecule has 0 radical (unpaired) electrons. The number of benzene rings is 2. The van der Waals surface area contributed by atoms with Crippen LogP contribution < -0.4 is 0 Å². The number of aromatic nitrogens is 1. The topological polar surface area (TPSA) is 8.17 Å². The van der Waals surface area contributed by atoms with Crippen molar-refractivity contribution in [1.29, 1.82) is 0 Å². The molecule has 0 spiro atoms. The van der Waals surface area contributed by atoms with Gasteiger partial charge in [-0.25, -0.2) is 0 Å². The molecule has 0 bridgehead atoms. The van der Waals surface area contributed by atoms with Crippen LogP contribution >= 0.6 is 11.6 Å². The average molecular weight is 353 g/mol. The van der Waals surface area contributed by atoms with Crippen molar-refractivity contribution < 1.29 is 0 Å². The molecule has 1 aliphatic rings. The highest BCUT2D eigenvalue weighted by molar-refractivity contribution is 6.35. The quantitative estimate of drug-likeness (QED) is 0.627. The molecule has 130 valence electrons. The summed E-state index contributed by atoms with van der Waals surface area (Å²) in [7, 11) is 2.22. The van der Waals surface area contributed by atoms with Gasteiger partial charge in [-0.1, -0.05) is 48.0 Å². The van der Waals surface area contributed by atoms with E-state index in [1.807, 2.05) is 6.07 Å². The van der Waals surface area contributed by atoms with Crippen LogP contribution in [0.4, 0.5) is 0 Å². The van der Waals surface area contributed by atoms with Gasteiger partial charge in [-0.2, -0.15) is 0 Å². The summed E-state index contributed by atoms with van der Waals surface area (Å²) >= 11 is 6.63. The first kappa shape index (κ1) is 16.7. The average Bonchev–Trinajstić information content (AvgIpc) is 2.89. The predicted molar refractivity (Wildman–Crippen MR) is 106 cm³/mol. The third-order valence-electron chi connectivity index (χ3n) is 5.77. The second-order valence-electron chi connectivity index (χ2n) is 7.36. The molecule has 0 N–H and O–H groups in total. The van der Waals surface area contributed by atoms with Crippen LogP contribution in [0.15, 0.2) is 42.5 Å². The first-order valence-corrected chi connectivity index (χ1v) is 9.47. The SMILES string of the molecule is Cc1ccccc1CCn1c2c(c3cccc(Cl)c31)CN(C)C(C)C2. The lowest BCUT2D eigenvalue weighted by atomic mass is 10.00. The summed E-state index contributed by atoms with van der Waals surface area (Å²) in [5, 5.41) is 2.19. The fourth-order valence-corrected chi connectivity index (χ4v) is 4.38. The minimum Gasteiger partial charge on any atom is -0.343 e. The zero-order valence-electron chi connectivity index (χ0n) is 15.2. The highest BCUT2D eigenvalue weighted by Gasteiger charge is 2.27. The number of fused-ring (bicyclic) bond motifs is 3. The van der Waals surface area contributed by atoms with E-state index in [4.69, 9.17) is 11.6 Å². The lowest BCUT2D eigenvalue weighted by Gasteiger charge is -2.31. The molecule has 1 aliphatic heterocycles. The van der Waals surface area contributed by atoms with E-state index in [-0.39, 0.29) is 0 Å². The molecule has 0 saturated carbocycles. The number of rotatable bonds is 3. The van der Waals surface area contributed by atoms with Gasteiger partial charge in [-0.3, -0.25) is 4.90 Å². The van der Waals surface area contributed by atoms with Crippen LogP contribution in [-0.2, 0) is 25.9 Å². The molecule has 3 heteroatoms. The minimum atomic E-state index is 0.563. The lowest BCUT2D eigenvalue weighted by molar-refractivity contribution is 0.228. The van der Waals surface area contributed by atoms with Crippen molar-refractivity contribution in [3.05, 3.63) is 69.9 Å². The molecular weight excluding hydrogens is 328 g/mol. The first-order valence-electron chi connectivity index (χ1n) is 9.09. The van der Waals surface area contributed by atoms with Gasteiger partial charge in [-0.15, -0.1) is 0 Å². The van der Waals surface area contributed by atoms with E-state index in [0.29, 0.717) is 6.04 Å². The highest BCUT2D eigenvalue weighted by atomic mass is 35.5. The Morgan fingerprint density at radius 1 is 1.12 bits per heavy atom. The summed E-state index contributed by atoms with van der Waals surface area (Å²) in [5.41, 5.74) is 6.94. The molecule has 1 unspecified atom stereocenters. The van der Waals surface area contributed by atoms with Crippen molar-refractivity contribution in [3.63, 3.8) is 0 Å². The van der Waals surface area contributed by atoms with Crippen LogP contribution in [-0.4, -0.2) is 22.6 Å². The number of para-hydroxylation sites is 1. The second kappa shape index (κ2) is 6.51. The number of halogens is 1. The lowest BCUT2D eigenvalue weighted by Crippen LogP contribution is -2.35. The summed E-state index contributed by atoms with van der Waals surface area (Å²) in [5.74, 6) is 0. The molecule has 2 nitrogen and oxygen atoms in total. The Labute approximate surface area is 155 Å². The van der Waals surface area contributed by atoms with Gasteiger partial charge in [0.05, 0.1) is 10.5 Å². The monoisotopic (exact) mass is 352 g/mol. The summed E-state index contributed by atoms with van der Waals surface area (Å²) in [6.07, 6.45) is 2.13.